The second-order valence-corrected chi connectivity index (χ2v) is 4.95. The van der Waals surface area contributed by atoms with Gasteiger partial charge < -0.3 is 5.11 Å². The van der Waals surface area contributed by atoms with E-state index in [0.717, 1.165) is 33.9 Å². The molecule has 1 aromatic carbocycles. The van der Waals surface area contributed by atoms with E-state index < -0.39 is 5.97 Å². The molecule has 1 N–H and O–H groups in total. The standard InChI is InChI=1S/C19H14N2O2/c22-19(23)4-2-17-13-16(14-5-9-20-10-6-14)1-3-18(17)15-7-11-21-12-8-15/h1-13H,(H,22,23). The van der Waals surface area contributed by atoms with Gasteiger partial charge in [0.25, 0.3) is 0 Å². The molecule has 0 amide bonds. The van der Waals surface area contributed by atoms with Crippen LogP contribution in [0.15, 0.2) is 73.3 Å². The van der Waals surface area contributed by atoms with Gasteiger partial charge in [0.1, 0.15) is 0 Å². The molecule has 0 saturated heterocycles. The Labute approximate surface area is 133 Å². The molecular formula is C19H14N2O2. The van der Waals surface area contributed by atoms with Gasteiger partial charge >= 0.3 is 5.97 Å². The highest BCUT2D eigenvalue weighted by Crippen LogP contribution is 2.29. The second-order valence-electron chi connectivity index (χ2n) is 4.95. The quantitative estimate of drug-likeness (QED) is 0.742. The number of carbonyl (C=O) groups is 1. The molecule has 3 rings (SSSR count). The SMILES string of the molecule is O=C(O)C=Cc1cc(-c2ccncc2)ccc1-c1ccncc1. The van der Waals surface area contributed by atoms with Gasteiger partial charge in [-0.1, -0.05) is 12.1 Å². The van der Waals surface area contributed by atoms with Gasteiger partial charge in [-0.15, -0.1) is 0 Å². The zero-order valence-corrected chi connectivity index (χ0v) is 12.3. The van der Waals surface area contributed by atoms with Crippen molar-refractivity contribution in [3.8, 4) is 22.3 Å². The van der Waals surface area contributed by atoms with E-state index in [0.29, 0.717) is 0 Å². The van der Waals surface area contributed by atoms with E-state index in [1.807, 2.05) is 42.5 Å². The fourth-order valence-electron chi connectivity index (χ4n) is 2.38. The zero-order chi connectivity index (χ0) is 16.1. The molecule has 2 heterocycles. The van der Waals surface area contributed by atoms with Crippen LogP contribution in [0.2, 0.25) is 0 Å². The van der Waals surface area contributed by atoms with Crippen molar-refractivity contribution in [3.05, 3.63) is 78.9 Å². The molecular weight excluding hydrogens is 288 g/mol. The number of aromatic nitrogens is 2. The van der Waals surface area contributed by atoms with Crippen LogP contribution in [-0.4, -0.2) is 21.0 Å². The zero-order valence-electron chi connectivity index (χ0n) is 12.3. The third-order valence-electron chi connectivity index (χ3n) is 3.46. The van der Waals surface area contributed by atoms with Crippen LogP contribution in [0.25, 0.3) is 28.3 Å². The van der Waals surface area contributed by atoms with Gasteiger partial charge in [0.05, 0.1) is 0 Å². The van der Waals surface area contributed by atoms with E-state index in [9.17, 15) is 4.79 Å². The van der Waals surface area contributed by atoms with Gasteiger partial charge in [0.2, 0.25) is 0 Å². The summed E-state index contributed by atoms with van der Waals surface area (Å²) >= 11 is 0. The number of carboxylic acid groups (broad SMARTS) is 1. The summed E-state index contributed by atoms with van der Waals surface area (Å²) in [6.45, 7) is 0. The van der Waals surface area contributed by atoms with Crippen LogP contribution in [0.3, 0.4) is 0 Å². The Hall–Kier alpha value is -3.27. The number of hydrogen-bond acceptors (Lipinski definition) is 3. The van der Waals surface area contributed by atoms with Gasteiger partial charge in [-0.05, 0) is 64.2 Å². The molecule has 0 aliphatic rings. The van der Waals surface area contributed by atoms with Crippen LogP contribution >= 0.6 is 0 Å². The smallest absolute Gasteiger partial charge is 0.328 e. The molecule has 23 heavy (non-hydrogen) atoms. The van der Waals surface area contributed by atoms with E-state index in [4.69, 9.17) is 5.11 Å². The van der Waals surface area contributed by atoms with Gasteiger partial charge in [0, 0.05) is 30.9 Å². The summed E-state index contributed by atoms with van der Waals surface area (Å²) in [4.78, 5) is 18.9. The summed E-state index contributed by atoms with van der Waals surface area (Å²) in [7, 11) is 0. The lowest BCUT2D eigenvalue weighted by Gasteiger charge is -2.09. The Balaban J connectivity index is 2.12. The number of hydrogen-bond donors (Lipinski definition) is 1. The van der Waals surface area contributed by atoms with Crippen LogP contribution < -0.4 is 0 Å². The van der Waals surface area contributed by atoms with Crippen molar-refractivity contribution in [3.63, 3.8) is 0 Å². The monoisotopic (exact) mass is 302 g/mol. The van der Waals surface area contributed by atoms with Crippen molar-refractivity contribution in [1.82, 2.24) is 9.97 Å². The average Bonchev–Trinajstić information content (AvgIpc) is 2.61. The van der Waals surface area contributed by atoms with E-state index >= 15 is 0 Å². The fourth-order valence-corrected chi connectivity index (χ4v) is 2.38. The summed E-state index contributed by atoms with van der Waals surface area (Å²) in [5.74, 6) is -0.972. The molecule has 0 spiro atoms. The molecule has 2 aromatic heterocycles. The van der Waals surface area contributed by atoms with Gasteiger partial charge in [-0.3, -0.25) is 9.97 Å². The topological polar surface area (TPSA) is 63.1 Å². The Morgan fingerprint density at radius 1 is 0.826 bits per heavy atom. The number of pyridine rings is 2. The molecule has 4 nitrogen and oxygen atoms in total. The largest absolute Gasteiger partial charge is 0.478 e. The first-order valence-corrected chi connectivity index (χ1v) is 7.10. The highest BCUT2D eigenvalue weighted by molar-refractivity contribution is 5.89. The minimum atomic E-state index is -0.972. The average molecular weight is 302 g/mol. The third kappa shape index (κ3) is 3.49. The first-order chi connectivity index (χ1) is 11.2. The first kappa shape index (κ1) is 14.7. The number of carboxylic acids is 1. The summed E-state index contributed by atoms with van der Waals surface area (Å²) in [6.07, 6.45) is 9.67. The van der Waals surface area contributed by atoms with Crippen LogP contribution in [0, 0.1) is 0 Å². The lowest BCUT2D eigenvalue weighted by atomic mass is 9.95. The van der Waals surface area contributed by atoms with Crippen molar-refractivity contribution in [2.75, 3.05) is 0 Å². The van der Waals surface area contributed by atoms with Crippen LogP contribution in [0.4, 0.5) is 0 Å². The highest BCUT2D eigenvalue weighted by Gasteiger charge is 2.06. The third-order valence-corrected chi connectivity index (χ3v) is 3.46. The van der Waals surface area contributed by atoms with Crippen LogP contribution in [0.5, 0.6) is 0 Å². The second kappa shape index (κ2) is 6.66. The van der Waals surface area contributed by atoms with E-state index in [1.54, 1.807) is 30.9 Å². The van der Waals surface area contributed by atoms with Gasteiger partial charge in [-0.2, -0.15) is 0 Å². The number of nitrogens with zero attached hydrogens (tertiary/aromatic N) is 2. The maximum atomic E-state index is 10.9. The van der Waals surface area contributed by atoms with E-state index in [1.165, 1.54) is 0 Å². The summed E-state index contributed by atoms with van der Waals surface area (Å²) < 4.78 is 0. The Bertz CT molecular complexity index is 844. The predicted octanol–water partition coefficient (Wildman–Crippen LogP) is 3.91. The summed E-state index contributed by atoms with van der Waals surface area (Å²) in [5.41, 5.74) is 4.84. The van der Waals surface area contributed by atoms with Crippen molar-refractivity contribution >= 4 is 12.0 Å². The maximum Gasteiger partial charge on any atom is 0.328 e. The summed E-state index contributed by atoms with van der Waals surface area (Å²) in [5, 5.41) is 8.92. The molecule has 4 heteroatoms. The Kier molecular flexibility index (Phi) is 4.25. The normalized spacial score (nSPS) is 10.8. The van der Waals surface area contributed by atoms with Crippen molar-refractivity contribution in [2.24, 2.45) is 0 Å². The number of benzene rings is 1. The molecule has 0 unspecified atom stereocenters. The van der Waals surface area contributed by atoms with Crippen LogP contribution in [-0.2, 0) is 4.79 Å². The fraction of sp³-hybridized carbons (Fsp3) is 0. The molecule has 3 aromatic rings. The van der Waals surface area contributed by atoms with Gasteiger partial charge in [0.15, 0.2) is 0 Å². The number of rotatable bonds is 4. The van der Waals surface area contributed by atoms with Crippen molar-refractivity contribution in [1.29, 1.82) is 0 Å². The van der Waals surface area contributed by atoms with E-state index in [2.05, 4.69) is 9.97 Å². The maximum absolute atomic E-state index is 10.9. The molecule has 0 radical (unpaired) electrons. The van der Waals surface area contributed by atoms with E-state index in [-0.39, 0.29) is 0 Å². The Morgan fingerprint density at radius 2 is 1.43 bits per heavy atom. The van der Waals surface area contributed by atoms with Crippen molar-refractivity contribution in [2.45, 2.75) is 0 Å². The van der Waals surface area contributed by atoms with Crippen molar-refractivity contribution < 1.29 is 9.90 Å². The predicted molar refractivity (Wildman–Crippen MR) is 89.6 cm³/mol. The molecule has 0 atom stereocenters. The van der Waals surface area contributed by atoms with Crippen LogP contribution in [0.1, 0.15) is 5.56 Å². The van der Waals surface area contributed by atoms with Gasteiger partial charge in [-0.25, -0.2) is 4.79 Å². The minimum absolute atomic E-state index is 0.841. The molecule has 0 aliphatic heterocycles. The highest BCUT2D eigenvalue weighted by atomic mass is 16.4. The summed E-state index contributed by atoms with van der Waals surface area (Å²) in [6, 6.07) is 13.6. The first-order valence-electron chi connectivity index (χ1n) is 7.10. The Morgan fingerprint density at radius 3 is 2.04 bits per heavy atom. The minimum Gasteiger partial charge on any atom is -0.478 e. The molecule has 0 saturated carbocycles. The lowest BCUT2D eigenvalue weighted by molar-refractivity contribution is -0.131. The molecule has 0 fully saturated rings. The molecule has 0 bridgehead atoms. The lowest BCUT2D eigenvalue weighted by Crippen LogP contribution is -1.89. The number of aliphatic carboxylic acids is 1. The molecule has 0 aliphatic carbocycles. The molecule has 112 valence electrons.